The van der Waals surface area contributed by atoms with Crippen LogP contribution in [0, 0.1) is 0 Å². The van der Waals surface area contributed by atoms with Crippen LogP contribution in [0.25, 0.3) is 0 Å². The van der Waals surface area contributed by atoms with Crippen LogP contribution < -0.4 is 19.5 Å². The third-order valence-corrected chi connectivity index (χ3v) is 4.97. The number of para-hydroxylation sites is 2. The molecule has 28 heavy (non-hydrogen) atoms. The summed E-state index contributed by atoms with van der Waals surface area (Å²) in [7, 11) is 3.30. The van der Waals surface area contributed by atoms with Gasteiger partial charge in [-0.25, -0.2) is 0 Å². The van der Waals surface area contributed by atoms with Gasteiger partial charge >= 0.3 is 0 Å². The molecule has 1 aliphatic heterocycles. The van der Waals surface area contributed by atoms with Crippen molar-refractivity contribution < 1.29 is 19.0 Å². The van der Waals surface area contributed by atoms with E-state index < -0.39 is 0 Å². The number of carbonyl (C=O) groups is 1. The van der Waals surface area contributed by atoms with Gasteiger partial charge in [0.05, 0.1) is 33.1 Å². The van der Waals surface area contributed by atoms with E-state index in [0.29, 0.717) is 24.6 Å². The first-order valence-electron chi connectivity index (χ1n) is 9.64. The summed E-state index contributed by atoms with van der Waals surface area (Å²) in [6.45, 7) is 3.68. The second-order valence-corrected chi connectivity index (χ2v) is 6.71. The molecule has 3 rings (SSSR count). The van der Waals surface area contributed by atoms with Gasteiger partial charge in [0.25, 0.3) is 0 Å². The zero-order valence-corrected chi connectivity index (χ0v) is 16.7. The van der Waals surface area contributed by atoms with Crippen molar-refractivity contribution >= 4 is 11.6 Å². The Kier molecular flexibility index (Phi) is 6.76. The van der Waals surface area contributed by atoms with E-state index in [1.54, 1.807) is 14.2 Å². The molecule has 1 amide bonds. The van der Waals surface area contributed by atoms with E-state index in [-0.39, 0.29) is 11.9 Å². The molecule has 1 fully saturated rings. The van der Waals surface area contributed by atoms with E-state index in [0.717, 1.165) is 36.4 Å². The number of likely N-dealkylation sites (tertiary alicyclic amines) is 1. The number of rotatable bonds is 8. The molecule has 0 spiro atoms. The van der Waals surface area contributed by atoms with Crippen molar-refractivity contribution in [2.45, 2.75) is 25.8 Å². The average Bonchev–Trinajstić information content (AvgIpc) is 3.16. The van der Waals surface area contributed by atoms with Gasteiger partial charge < -0.3 is 19.5 Å². The van der Waals surface area contributed by atoms with Crippen LogP contribution in [0.15, 0.2) is 42.5 Å². The van der Waals surface area contributed by atoms with Crippen LogP contribution in [0.5, 0.6) is 17.2 Å². The van der Waals surface area contributed by atoms with Crippen molar-refractivity contribution in [3.05, 3.63) is 48.0 Å². The lowest BCUT2D eigenvalue weighted by Gasteiger charge is -2.26. The Labute approximate surface area is 166 Å². The Morgan fingerprint density at radius 3 is 2.71 bits per heavy atom. The highest BCUT2D eigenvalue weighted by atomic mass is 16.5. The predicted octanol–water partition coefficient (Wildman–Crippen LogP) is 3.88. The van der Waals surface area contributed by atoms with E-state index in [1.807, 2.05) is 49.4 Å². The van der Waals surface area contributed by atoms with Gasteiger partial charge in [0.2, 0.25) is 5.91 Å². The summed E-state index contributed by atoms with van der Waals surface area (Å²) in [6, 6.07) is 13.5. The zero-order valence-electron chi connectivity index (χ0n) is 16.7. The van der Waals surface area contributed by atoms with Crippen molar-refractivity contribution in [2.24, 2.45) is 0 Å². The molecule has 1 atom stereocenters. The molecular formula is C22H28N2O4. The molecular weight excluding hydrogens is 356 g/mol. The number of anilines is 1. The van der Waals surface area contributed by atoms with Gasteiger partial charge in [-0.3, -0.25) is 9.69 Å². The summed E-state index contributed by atoms with van der Waals surface area (Å²) < 4.78 is 16.5. The van der Waals surface area contributed by atoms with Crippen molar-refractivity contribution in [1.82, 2.24) is 4.90 Å². The van der Waals surface area contributed by atoms with Crippen molar-refractivity contribution in [2.75, 3.05) is 39.2 Å². The molecule has 1 saturated heterocycles. The van der Waals surface area contributed by atoms with Crippen LogP contribution in [0.2, 0.25) is 0 Å². The Morgan fingerprint density at radius 1 is 1.14 bits per heavy atom. The van der Waals surface area contributed by atoms with Crippen molar-refractivity contribution in [3.63, 3.8) is 0 Å². The van der Waals surface area contributed by atoms with Crippen LogP contribution in [-0.2, 0) is 4.79 Å². The number of ether oxygens (including phenoxy) is 3. The lowest BCUT2D eigenvalue weighted by Crippen LogP contribution is -2.33. The molecule has 6 heteroatoms. The maximum Gasteiger partial charge on any atom is 0.238 e. The molecule has 6 nitrogen and oxygen atoms in total. The first-order chi connectivity index (χ1) is 13.7. The van der Waals surface area contributed by atoms with Crippen molar-refractivity contribution in [1.29, 1.82) is 0 Å². The molecule has 0 aliphatic carbocycles. The second-order valence-electron chi connectivity index (χ2n) is 6.71. The standard InChI is InChI=1S/C22H28N2O4/c1-4-28-20-10-6-5-8-18(20)23-22(25)15-24-13-7-9-19(24)17-12-11-16(26-2)14-21(17)27-3/h5-6,8,10-12,14,19H,4,7,9,13,15H2,1-3H3,(H,23,25)/t19-/m1/s1. The number of hydrogen-bond acceptors (Lipinski definition) is 5. The Hall–Kier alpha value is -2.73. The second kappa shape index (κ2) is 9.46. The minimum atomic E-state index is -0.0495. The molecule has 150 valence electrons. The summed E-state index contributed by atoms with van der Waals surface area (Å²) in [6.07, 6.45) is 2.04. The molecule has 0 bridgehead atoms. The Balaban J connectivity index is 1.71. The van der Waals surface area contributed by atoms with E-state index in [1.165, 1.54) is 0 Å². The Morgan fingerprint density at radius 2 is 1.96 bits per heavy atom. The molecule has 1 N–H and O–H groups in total. The maximum absolute atomic E-state index is 12.7. The highest BCUT2D eigenvalue weighted by Crippen LogP contribution is 2.38. The molecule has 0 radical (unpaired) electrons. The summed E-state index contributed by atoms with van der Waals surface area (Å²) in [5.41, 5.74) is 1.79. The highest BCUT2D eigenvalue weighted by molar-refractivity contribution is 5.93. The Bertz CT molecular complexity index is 809. The van der Waals surface area contributed by atoms with Crippen LogP contribution in [0.4, 0.5) is 5.69 Å². The summed E-state index contributed by atoms with van der Waals surface area (Å²) in [5, 5.41) is 2.98. The molecule has 2 aromatic carbocycles. The minimum Gasteiger partial charge on any atom is -0.497 e. The van der Waals surface area contributed by atoms with Gasteiger partial charge in [-0.05, 0) is 44.5 Å². The topological polar surface area (TPSA) is 60.0 Å². The molecule has 0 aromatic heterocycles. The van der Waals surface area contributed by atoms with Gasteiger partial charge in [-0.1, -0.05) is 18.2 Å². The van der Waals surface area contributed by atoms with Crippen LogP contribution in [0.1, 0.15) is 31.4 Å². The number of carbonyl (C=O) groups excluding carboxylic acids is 1. The fraction of sp³-hybridized carbons (Fsp3) is 0.409. The smallest absolute Gasteiger partial charge is 0.238 e. The van der Waals surface area contributed by atoms with E-state index >= 15 is 0 Å². The molecule has 0 saturated carbocycles. The molecule has 2 aromatic rings. The van der Waals surface area contributed by atoms with Crippen LogP contribution >= 0.6 is 0 Å². The third kappa shape index (κ3) is 4.57. The highest BCUT2D eigenvalue weighted by Gasteiger charge is 2.30. The van der Waals surface area contributed by atoms with Gasteiger partial charge in [0, 0.05) is 17.7 Å². The average molecular weight is 384 g/mol. The number of hydrogen-bond donors (Lipinski definition) is 1. The summed E-state index contributed by atoms with van der Waals surface area (Å²) in [4.78, 5) is 14.9. The normalized spacial score (nSPS) is 16.6. The van der Waals surface area contributed by atoms with Crippen molar-refractivity contribution in [3.8, 4) is 17.2 Å². The molecule has 1 heterocycles. The lowest BCUT2D eigenvalue weighted by atomic mass is 10.0. The number of nitrogens with zero attached hydrogens (tertiary/aromatic N) is 1. The van der Waals surface area contributed by atoms with Gasteiger partial charge in [0.15, 0.2) is 0 Å². The molecule has 1 aliphatic rings. The minimum absolute atomic E-state index is 0.0495. The molecule has 0 unspecified atom stereocenters. The fourth-order valence-corrected chi connectivity index (χ4v) is 3.69. The van der Waals surface area contributed by atoms with E-state index in [4.69, 9.17) is 14.2 Å². The van der Waals surface area contributed by atoms with Gasteiger partial charge in [0.1, 0.15) is 17.2 Å². The van der Waals surface area contributed by atoms with Gasteiger partial charge in [-0.15, -0.1) is 0 Å². The number of amides is 1. The van der Waals surface area contributed by atoms with Crippen LogP contribution in [0.3, 0.4) is 0 Å². The zero-order chi connectivity index (χ0) is 19.9. The lowest BCUT2D eigenvalue weighted by molar-refractivity contribution is -0.117. The van der Waals surface area contributed by atoms with Crippen LogP contribution in [-0.4, -0.2) is 44.7 Å². The summed E-state index contributed by atoms with van der Waals surface area (Å²) >= 11 is 0. The number of methoxy groups -OCH3 is 2. The van der Waals surface area contributed by atoms with Gasteiger partial charge in [-0.2, -0.15) is 0 Å². The first kappa shape index (κ1) is 20.0. The summed E-state index contributed by atoms with van der Waals surface area (Å²) in [5.74, 6) is 2.19. The van der Waals surface area contributed by atoms with E-state index in [9.17, 15) is 4.79 Å². The maximum atomic E-state index is 12.7. The first-order valence-corrected chi connectivity index (χ1v) is 9.64. The van der Waals surface area contributed by atoms with E-state index in [2.05, 4.69) is 10.2 Å². The quantitative estimate of drug-likeness (QED) is 0.748. The fourth-order valence-electron chi connectivity index (χ4n) is 3.69. The largest absolute Gasteiger partial charge is 0.497 e. The number of nitrogens with one attached hydrogen (secondary N) is 1. The predicted molar refractivity (Wildman–Crippen MR) is 109 cm³/mol. The number of benzene rings is 2. The monoisotopic (exact) mass is 384 g/mol. The SMILES string of the molecule is CCOc1ccccc1NC(=O)CN1CCC[C@@H]1c1ccc(OC)cc1OC. The third-order valence-electron chi connectivity index (χ3n) is 4.97.